The molecule has 0 radical (unpaired) electrons. The maximum Gasteiger partial charge on any atom is 0.0726 e. The lowest BCUT2D eigenvalue weighted by molar-refractivity contribution is 0.590. The zero-order chi connectivity index (χ0) is 101. The SMILES string of the molecule is C=C1/C(=C\C=C\Nc2ccc3c(c2)C(C)(C)c2ccccc2-3)c2ccccc2C1(C)C.CC(C)(C)c1ccc(Nc2ccc3c(c2)C2(c4ccccc4-c4ccccc42)c2ccccc2-3)cc1.CC1(C)c2ccccc2-c2ccc(Nc3ccc4c(c3)C(c3ccccc3)(c3ccccc3)c3ccccc3-4)cc21.CC1(C)c2ccccc2-c2ccc(Nc3ccc4c(c3)C3(c5ccccc5-c5ccccc53)c3ccccc3-4)cc21. The molecule has 0 fully saturated rings. The van der Waals surface area contributed by atoms with E-state index in [1.54, 1.807) is 0 Å². The van der Waals surface area contributed by atoms with Crippen molar-refractivity contribution in [2.24, 2.45) is 0 Å². The molecule has 718 valence electrons. The largest absolute Gasteiger partial charge is 0.362 e. The minimum Gasteiger partial charge on any atom is -0.362 e. The Bertz CT molecular complexity index is 8570. The Kier molecular flexibility index (Phi) is 21.4. The molecule has 9 aliphatic carbocycles. The first-order valence-corrected chi connectivity index (χ1v) is 52.8. The number of hydrogen-bond acceptors (Lipinski definition) is 4. The summed E-state index contributed by atoms with van der Waals surface area (Å²) in [4.78, 5) is 0. The number of fused-ring (bicyclic) bond motifs is 33. The van der Waals surface area contributed by atoms with Crippen molar-refractivity contribution < 1.29 is 0 Å². The normalized spacial score (nSPS) is 15.7. The van der Waals surface area contributed by atoms with Crippen LogP contribution in [0.3, 0.4) is 0 Å². The van der Waals surface area contributed by atoms with Crippen LogP contribution in [-0.4, -0.2) is 0 Å². The van der Waals surface area contributed by atoms with Crippen molar-refractivity contribution in [3.05, 3.63) is 608 Å². The molecule has 29 rings (SSSR count). The third kappa shape index (κ3) is 14.1. The van der Waals surface area contributed by atoms with Crippen molar-refractivity contribution in [3.63, 3.8) is 0 Å². The smallest absolute Gasteiger partial charge is 0.0726 e. The van der Waals surface area contributed by atoms with Crippen LogP contribution in [0.25, 0.3) is 94.6 Å². The fourth-order valence-corrected chi connectivity index (χ4v) is 27.2. The van der Waals surface area contributed by atoms with Gasteiger partial charge < -0.3 is 21.3 Å². The second-order valence-corrected chi connectivity index (χ2v) is 44.8. The van der Waals surface area contributed by atoms with Gasteiger partial charge in [0.25, 0.3) is 0 Å². The van der Waals surface area contributed by atoms with Crippen LogP contribution in [0.2, 0.25) is 0 Å². The topological polar surface area (TPSA) is 48.1 Å². The monoisotopic (exact) mass is 1910 g/mol. The molecule has 4 N–H and O–H groups in total. The summed E-state index contributed by atoms with van der Waals surface area (Å²) < 4.78 is 0. The number of hydrogen-bond donors (Lipinski definition) is 4. The lowest BCUT2D eigenvalue weighted by Gasteiger charge is -2.34. The zero-order valence-electron chi connectivity index (χ0n) is 86.3. The molecule has 0 saturated carbocycles. The molecule has 20 aromatic carbocycles. The molecule has 4 nitrogen and oxygen atoms in total. The van der Waals surface area contributed by atoms with Crippen molar-refractivity contribution >= 4 is 45.4 Å². The van der Waals surface area contributed by atoms with Crippen molar-refractivity contribution in [2.45, 2.75) is 119 Å². The van der Waals surface area contributed by atoms with Crippen LogP contribution >= 0.6 is 0 Å². The number of benzene rings is 20. The van der Waals surface area contributed by atoms with Gasteiger partial charge in [0, 0.05) is 67.7 Å². The van der Waals surface area contributed by atoms with Crippen molar-refractivity contribution in [1.29, 1.82) is 0 Å². The van der Waals surface area contributed by atoms with Crippen molar-refractivity contribution in [1.82, 2.24) is 0 Å². The second-order valence-electron chi connectivity index (χ2n) is 44.8. The Labute approximate surface area is 877 Å². The molecule has 0 amide bonds. The van der Waals surface area contributed by atoms with Gasteiger partial charge in [-0.15, -0.1) is 0 Å². The lowest BCUT2D eigenvalue weighted by Crippen LogP contribution is -2.28. The first-order valence-electron chi connectivity index (χ1n) is 52.8. The van der Waals surface area contributed by atoms with Gasteiger partial charge in [-0.25, -0.2) is 0 Å². The van der Waals surface area contributed by atoms with Gasteiger partial charge in [0.1, 0.15) is 0 Å². The van der Waals surface area contributed by atoms with Gasteiger partial charge in [-0.1, -0.05) is 465 Å². The van der Waals surface area contributed by atoms with E-state index in [1.165, 1.54) is 217 Å². The molecule has 20 aromatic rings. The van der Waals surface area contributed by atoms with Crippen molar-refractivity contribution in [3.8, 4) is 89.0 Å². The Morgan fingerprint density at radius 3 is 0.718 bits per heavy atom. The van der Waals surface area contributed by atoms with E-state index in [1.807, 2.05) is 6.20 Å². The molecule has 0 aromatic heterocycles. The van der Waals surface area contributed by atoms with E-state index < -0.39 is 5.41 Å². The first-order chi connectivity index (χ1) is 72.5. The highest BCUT2D eigenvalue weighted by atomic mass is 14.9. The molecular formula is C145H118N4. The Balaban J connectivity index is 0.000000101. The van der Waals surface area contributed by atoms with Gasteiger partial charge in [0.2, 0.25) is 0 Å². The van der Waals surface area contributed by atoms with Crippen LogP contribution in [0.1, 0.15) is 193 Å². The van der Waals surface area contributed by atoms with E-state index in [9.17, 15) is 0 Å². The summed E-state index contributed by atoms with van der Waals surface area (Å²) in [6.07, 6.45) is 6.28. The molecule has 9 aliphatic rings. The summed E-state index contributed by atoms with van der Waals surface area (Å²) in [5.74, 6) is 0. The van der Waals surface area contributed by atoms with Gasteiger partial charge in [-0.2, -0.15) is 0 Å². The fraction of sp³-hybridized carbons (Fsp3) is 0.131. The Morgan fingerprint density at radius 2 is 0.409 bits per heavy atom. The summed E-state index contributed by atoms with van der Waals surface area (Å²) in [7, 11) is 0. The van der Waals surface area contributed by atoms with Crippen LogP contribution < -0.4 is 21.3 Å². The fourth-order valence-electron chi connectivity index (χ4n) is 27.2. The number of rotatable bonds is 11. The highest BCUT2D eigenvalue weighted by Gasteiger charge is 2.55. The standard InChI is InChI=1S/C40H29N.C40H31N.C35H29N.C30H29N/c1-39(2)33-15-7-3-11-27(33)31-21-19-25(23-37(31)39)41-26-20-22-32-30-14-6-10-18-36(30)40(38(32)24-26)34-16-8-4-12-28(34)29-13-5-9-17-35(29)40;1-39(2)35-19-11-9-17-31(35)33-23-21-29(25-37(33)39)41-30-22-24-34-32-18-10-12-20-36(32)40(38(34)26-30,27-13-5-3-6-14-27)28-15-7-4-8-16-28;1-34(2,3)23-16-18-24(19-17-23)36-25-20-21-29-28-12-6-9-15-32(28)35(33(29)22-25)30-13-7-4-10-26(30)27-11-5-8-14-31(27)35;1-20-22(23-11-6-8-14-26(23)29(20,2)3)13-10-18-31-21-16-17-25-24-12-7-9-15-27(24)30(4,5)28(25)19-21/h3-24,41H,1-2H3;3-26,41H,1-2H3;4-22,36H,1-3H3;6-19,31H,1H2,2-5H3/b;;;18-10+,22-13+. The molecule has 0 unspecified atom stereocenters. The highest BCUT2D eigenvalue weighted by Crippen LogP contribution is 2.67. The minimum absolute atomic E-state index is 0.0200. The first kappa shape index (κ1) is 91.7. The quantitative estimate of drug-likeness (QED) is 0.104. The molecule has 0 bridgehead atoms. The van der Waals surface area contributed by atoms with E-state index in [0.717, 1.165) is 39.8 Å². The second kappa shape index (κ2) is 34.8. The summed E-state index contributed by atoms with van der Waals surface area (Å²) in [6, 6.07) is 170. The van der Waals surface area contributed by atoms with Crippen LogP contribution in [0, 0.1) is 0 Å². The third-order valence-corrected chi connectivity index (χ3v) is 34.4. The molecular weight excluding hydrogens is 1800 g/mol. The molecule has 0 heterocycles. The van der Waals surface area contributed by atoms with E-state index in [4.69, 9.17) is 0 Å². The number of anilines is 7. The van der Waals surface area contributed by atoms with Crippen LogP contribution in [0.5, 0.6) is 0 Å². The van der Waals surface area contributed by atoms with Gasteiger partial charge in [-0.05, 0) is 313 Å². The van der Waals surface area contributed by atoms with E-state index in [-0.39, 0.29) is 37.9 Å². The van der Waals surface area contributed by atoms with Crippen LogP contribution in [0.4, 0.5) is 39.8 Å². The van der Waals surface area contributed by atoms with Crippen LogP contribution in [-0.2, 0) is 43.3 Å². The maximum absolute atomic E-state index is 4.39. The summed E-state index contributed by atoms with van der Waals surface area (Å²) >= 11 is 0. The molecule has 4 heteroatoms. The Morgan fingerprint density at radius 1 is 0.195 bits per heavy atom. The predicted molar refractivity (Wildman–Crippen MR) is 626 cm³/mol. The average Bonchev–Trinajstić information content (AvgIpc) is 1.49. The highest BCUT2D eigenvalue weighted by molar-refractivity contribution is 6.00. The minimum atomic E-state index is -0.395. The molecule has 149 heavy (non-hydrogen) atoms. The molecule has 0 aliphatic heterocycles. The van der Waals surface area contributed by atoms with Gasteiger partial charge in [-0.3, -0.25) is 0 Å². The van der Waals surface area contributed by atoms with Gasteiger partial charge in [0.05, 0.1) is 16.2 Å². The number of allylic oxidation sites excluding steroid dienone is 4. The van der Waals surface area contributed by atoms with E-state index in [0.29, 0.717) is 0 Å². The average molecular weight is 1920 g/mol. The van der Waals surface area contributed by atoms with Gasteiger partial charge >= 0.3 is 0 Å². The molecule has 2 spiro atoms. The summed E-state index contributed by atoms with van der Waals surface area (Å²) in [6.45, 7) is 29.6. The zero-order valence-corrected chi connectivity index (χ0v) is 86.3. The van der Waals surface area contributed by atoms with E-state index in [2.05, 4.69) is 577 Å². The van der Waals surface area contributed by atoms with Crippen molar-refractivity contribution in [2.75, 3.05) is 21.3 Å². The third-order valence-electron chi connectivity index (χ3n) is 34.4. The summed E-state index contributed by atoms with van der Waals surface area (Å²) in [5, 5.41) is 14.8. The molecule has 0 saturated heterocycles. The Hall–Kier alpha value is -17.2. The van der Waals surface area contributed by atoms with Crippen LogP contribution in [0.15, 0.2) is 492 Å². The number of nitrogens with one attached hydrogen (secondary N) is 4. The van der Waals surface area contributed by atoms with Gasteiger partial charge in [0.15, 0.2) is 0 Å². The lowest BCUT2D eigenvalue weighted by atomic mass is 9.67. The summed E-state index contributed by atoms with van der Waals surface area (Å²) in [5.41, 5.74) is 59.2. The molecule has 0 atom stereocenters. The van der Waals surface area contributed by atoms with E-state index >= 15 is 0 Å². The predicted octanol–water partition coefficient (Wildman–Crippen LogP) is 37.1. The maximum atomic E-state index is 4.39.